The Bertz CT molecular complexity index is 1500. The highest BCUT2D eigenvalue weighted by atomic mass is 79.9. The normalized spacial score (nSPS) is 11.3. The number of nitrogens with one attached hydrogen (secondary N) is 1. The van der Waals surface area contributed by atoms with Crippen molar-refractivity contribution >= 4 is 49.7 Å². The number of hydrogen-bond donors (Lipinski definition) is 1. The maximum Gasteiger partial charge on any atom is 0.339 e. The predicted octanol–water partition coefficient (Wildman–Crippen LogP) is 5.34. The first kappa shape index (κ1) is 28.4. The molecule has 0 aliphatic heterocycles. The number of nitriles is 1. The van der Waals surface area contributed by atoms with Crippen LogP contribution in [0, 0.1) is 11.3 Å². The Labute approximate surface area is 228 Å². The molecule has 0 aliphatic rings. The highest BCUT2D eigenvalue weighted by molar-refractivity contribution is 9.10. The van der Waals surface area contributed by atoms with Gasteiger partial charge in [-0.05, 0) is 89.9 Å². The van der Waals surface area contributed by atoms with Gasteiger partial charge in [0.25, 0.3) is 5.91 Å². The van der Waals surface area contributed by atoms with Gasteiger partial charge in [0.15, 0.2) is 11.5 Å². The molecule has 11 heteroatoms. The van der Waals surface area contributed by atoms with Gasteiger partial charge in [-0.15, -0.1) is 0 Å². The summed E-state index contributed by atoms with van der Waals surface area (Å²) in [4.78, 5) is 24.5. The average molecular weight is 599 g/mol. The van der Waals surface area contributed by atoms with Gasteiger partial charge in [0.2, 0.25) is 0 Å². The second-order valence-electron chi connectivity index (χ2n) is 7.54. The second kappa shape index (κ2) is 12.9. The molecule has 0 aliphatic carbocycles. The van der Waals surface area contributed by atoms with Crippen molar-refractivity contribution in [3.05, 3.63) is 87.9 Å². The third-order valence-corrected chi connectivity index (χ3v) is 6.71. The molecule has 0 aromatic heterocycles. The van der Waals surface area contributed by atoms with Gasteiger partial charge in [-0.3, -0.25) is 4.79 Å². The molecule has 0 saturated carbocycles. The molecule has 0 heterocycles. The molecular formula is C27H23BrN2O7S. The van der Waals surface area contributed by atoms with Gasteiger partial charge in [-0.25, -0.2) is 4.79 Å². The van der Waals surface area contributed by atoms with Crippen molar-refractivity contribution in [2.24, 2.45) is 0 Å². The Hall–Kier alpha value is -4.14. The fraction of sp³-hybridized carbons (Fsp3) is 0.148. The highest BCUT2D eigenvalue weighted by Crippen LogP contribution is 2.39. The molecule has 0 atom stereocenters. The minimum atomic E-state index is -4.15. The van der Waals surface area contributed by atoms with Crippen LogP contribution >= 0.6 is 15.9 Å². The van der Waals surface area contributed by atoms with E-state index in [1.165, 1.54) is 54.6 Å². The molecule has 0 radical (unpaired) electrons. The van der Waals surface area contributed by atoms with E-state index in [1.807, 2.05) is 6.07 Å². The number of benzene rings is 3. The van der Waals surface area contributed by atoms with Crippen LogP contribution in [0.15, 0.2) is 81.7 Å². The van der Waals surface area contributed by atoms with E-state index >= 15 is 0 Å². The standard InChI is InChI=1S/C27H23BrN2O7S/c1-3-35-24-16-18(15-23(28)25(24)37-38(33,34)22-8-6-5-7-9-22)14-20(17-29)26(31)30-21-12-10-19(11-13-21)27(32)36-4-2/h5-16H,3-4H2,1-2H3,(H,30,31)/b20-14+. The van der Waals surface area contributed by atoms with E-state index in [0.717, 1.165) is 0 Å². The molecule has 0 unspecified atom stereocenters. The molecule has 3 rings (SSSR count). The molecule has 0 saturated heterocycles. The van der Waals surface area contributed by atoms with E-state index in [9.17, 15) is 23.3 Å². The predicted molar refractivity (Wildman–Crippen MR) is 144 cm³/mol. The van der Waals surface area contributed by atoms with Crippen LogP contribution in [0.1, 0.15) is 29.8 Å². The first-order valence-corrected chi connectivity index (χ1v) is 13.5. The van der Waals surface area contributed by atoms with Gasteiger partial charge >= 0.3 is 16.1 Å². The first-order valence-electron chi connectivity index (χ1n) is 11.3. The van der Waals surface area contributed by atoms with E-state index in [1.54, 1.807) is 32.0 Å². The van der Waals surface area contributed by atoms with Crippen molar-refractivity contribution in [1.29, 1.82) is 5.26 Å². The fourth-order valence-corrected chi connectivity index (χ4v) is 4.80. The highest BCUT2D eigenvalue weighted by Gasteiger charge is 2.22. The topological polar surface area (TPSA) is 132 Å². The Morgan fingerprint density at radius 2 is 1.71 bits per heavy atom. The average Bonchev–Trinajstić information content (AvgIpc) is 2.90. The quantitative estimate of drug-likeness (QED) is 0.143. The van der Waals surface area contributed by atoms with E-state index in [4.69, 9.17) is 13.7 Å². The lowest BCUT2D eigenvalue weighted by Gasteiger charge is -2.14. The monoisotopic (exact) mass is 598 g/mol. The summed E-state index contributed by atoms with van der Waals surface area (Å²) in [5.41, 5.74) is 0.856. The zero-order chi connectivity index (χ0) is 27.7. The summed E-state index contributed by atoms with van der Waals surface area (Å²) in [5, 5.41) is 12.2. The van der Waals surface area contributed by atoms with Gasteiger partial charge in [0.1, 0.15) is 16.5 Å². The van der Waals surface area contributed by atoms with Crippen molar-refractivity contribution in [3.8, 4) is 17.6 Å². The minimum absolute atomic E-state index is 0.0305. The third-order valence-electron chi connectivity index (χ3n) is 4.89. The van der Waals surface area contributed by atoms with E-state index in [0.29, 0.717) is 16.8 Å². The zero-order valence-corrected chi connectivity index (χ0v) is 22.8. The molecule has 0 spiro atoms. The number of hydrogen-bond acceptors (Lipinski definition) is 8. The fourth-order valence-electron chi connectivity index (χ4n) is 3.18. The lowest BCUT2D eigenvalue weighted by atomic mass is 10.1. The molecule has 196 valence electrons. The molecule has 38 heavy (non-hydrogen) atoms. The molecule has 9 nitrogen and oxygen atoms in total. The van der Waals surface area contributed by atoms with E-state index in [2.05, 4.69) is 21.2 Å². The number of carbonyl (C=O) groups is 2. The molecule has 1 N–H and O–H groups in total. The maximum atomic E-state index is 12.7. The molecule has 0 bridgehead atoms. The summed E-state index contributed by atoms with van der Waals surface area (Å²) in [6.07, 6.45) is 1.32. The van der Waals surface area contributed by atoms with Crippen molar-refractivity contribution in [1.82, 2.24) is 0 Å². The summed E-state index contributed by atoms with van der Waals surface area (Å²) >= 11 is 3.31. The van der Waals surface area contributed by atoms with Gasteiger partial charge in [-0.1, -0.05) is 18.2 Å². The molecule has 1 amide bonds. The number of anilines is 1. The third kappa shape index (κ3) is 7.21. The molecule has 3 aromatic carbocycles. The van der Waals surface area contributed by atoms with Crippen LogP contribution in [0.3, 0.4) is 0 Å². The summed E-state index contributed by atoms with van der Waals surface area (Å²) in [5.74, 6) is -1.14. The Morgan fingerprint density at radius 1 is 1.03 bits per heavy atom. The van der Waals surface area contributed by atoms with Gasteiger partial charge in [0.05, 0.1) is 23.2 Å². The molecule has 3 aromatic rings. The molecular weight excluding hydrogens is 576 g/mol. The van der Waals surface area contributed by atoms with Crippen molar-refractivity contribution < 1.29 is 31.7 Å². The summed E-state index contributed by atoms with van der Waals surface area (Å²) in [6, 6.07) is 18.5. The van der Waals surface area contributed by atoms with Crippen molar-refractivity contribution in [2.75, 3.05) is 18.5 Å². The van der Waals surface area contributed by atoms with Crippen LogP contribution in [-0.2, 0) is 19.6 Å². The Kier molecular flexibility index (Phi) is 9.65. The summed E-state index contributed by atoms with van der Waals surface area (Å²) in [6.45, 7) is 3.86. The molecule has 0 fully saturated rings. The van der Waals surface area contributed by atoms with Crippen LogP contribution in [0.5, 0.6) is 11.5 Å². The van der Waals surface area contributed by atoms with Crippen LogP contribution < -0.4 is 14.2 Å². The number of nitrogens with zero attached hydrogens (tertiary/aromatic N) is 1. The smallest absolute Gasteiger partial charge is 0.339 e. The summed E-state index contributed by atoms with van der Waals surface area (Å²) in [7, 11) is -4.15. The van der Waals surface area contributed by atoms with E-state index in [-0.39, 0.29) is 39.7 Å². The van der Waals surface area contributed by atoms with Crippen molar-refractivity contribution in [2.45, 2.75) is 18.7 Å². The minimum Gasteiger partial charge on any atom is -0.490 e. The number of halogens is 1. The summed E-state index contributed by atoms with van der Waals surface area (Å²) < 4.78 is 41.6. The number of esters is 1. The van der Waals surface area contributed by atoms with Crippen LogP contribution in [0.2, 0.25) is 0 Å². The Balaban J connectivity index is 1.86. The van der Waals surface area contributed by atoms with Crippen molar-refractivity contribution in [3.63, 3.8) is 0 Å². The largest absolute Gasteiger partial charge is 0.490 e. The maximum absolute atomic E-state index is 12.7. The number of amides is 1. The first-order chi connectivity index (χ1) is 18.2. The van der Waals surface area contributed by atoms with E-state index < -0.39 is 22.0 Å². The Morgan fingerprint density at radius 3 is 2.32 bits per heavy atom. The van der Waals surface area contributed by atoms with Gasteiger partial charge in [-0.2, -0.15) is 13.7 Å². The van der Waals surface area contributed by atoms with Crippen LogP contribution in [0.4, 0.5) is 5.69 Å². The number of ether oxygens (including phenoxy) is 2. The zero-order valence-electron chi connectivity index (χ0n) is 20.4. The number of rotatable bonds is 10. The van der Waals surface area contributed by atoms with Crippen LogP contribution in [0.25, 0.3) is 6.08 Å². The SMILES string of the molecule is CCOC(=O)c1ccc(NC(=O)/C(C#N)=C/c2cc(Br)c(OS(=O)(=O)c3ccccc3)c(OCC)c2)cc1. The lowest BCUT2D eigenvalue weighted by Crippen LogP contribution is -2.14. The van der Waals surface area contributed by atoms with Gasteiger partial charge < -0.3 is 19.0 Å². The second-order valence-corrected chi connectivity index (χ2v) is 9.94. The lowest BCUT2D eigenvalue weighted by molar-refractivity contribution is -0.112. The van der Waals surface area contributed by atoms with Gasteiger partial charge in [0, 0.05) is 5.69 Å². The van der Waals surface area contributed by atoms with Crippen LogP contribution in [-0.4, -0.2) is 33.5 Å². The number of carbonyl (C=O) groups excluding carboxylic acids is 2.